The summed E-state index contributed by atoms with van der Waals surface area (Å²) in [6.07, 6.45) is 3.98. The van der Waals surface area contributed by atoms with Crippen molar-refractivity contribution in [2.24, 2.45) is 5.92 Å². The zero-order valence-electron chi connectivity index (χ0n) is 9.79. The number of rotatable bonds is 5. The van der Waals surface area contributed by atoms with Crippen LogP contribution in [0.15, 0.2) is 30.3 Å². The van der Waals surface area contributed by atoms with Gasteiger partial charge in [-0.05, 0) is 44.2 Å². The van der Waals surface area contributed by atoms with Crippen molar-refractivity contribution in [1.82, 2.24) is 5.32 Å². The second-order valence-corrected chi connectivity index (χ2v) is 4.88. The quantitative estimate of drug-likeness (QED) is 0.774. The Morgan fingerprint density at radius 3 is 2.47 bits per heavy atom. The van der Waals surface area contributed by atoms with Crippen LogP contribution in [0.3, 0.4) is 0 Å². The van der Waals surface area contributed by atoms with Crippen molar-refractivity contribution in [2.75, 3.05) is 6.54 Å². The fraction of sp³-hybridized carbons (Fsp3) is 0.571. The molecule has 1 fully saturated rings. The molecule has 1 aromatic rings. The second-order valence-electron chi connectivity index (χ2n) is 4.88. The average Bonchev–Trinajstić information content (AvgIpc) is 3.11. The van der Waals surface area contributed by atoms with Gasteiger partial charge in [0.25, 0.3) is 0 Å². The molecule has 82 valence electrons. The lowest BCUT2D eigenvalue weighted by atomic mass is 9.89. The Bertz CT molecular complexity index is 302. The van der Waals surface area contributed by atoms with Gasteiger partial charge in [0.05, 0.1) is 0 Å². The molecule has 1 atom stereocenters. The molecule has 1 aromatic carbocycles. The summed E-state index contributed by atoms with van der Waals surface area (Å²) in [6.45, 7) is 5.75. The summed E-state index contributed by atoms with van der Waals surface area (Å²) < 4.78 is 0. The lowest BCUT2D eigenvalue weighted by Gasteiger charge is -2.30. The van der Waals surface area contributed by atoms with Crippen LogP contribution in [0.5, 0.6) is 0 Å². The highest BCUT2D eigenvalue weighted by atomic mass is 15.0. The van der Waals surface area contributed by atoms with Gasteiger partial charge < -0.3 is 5.32 Å². The van der Waals surface area contributed by atoms with E-state index in [0.29, 0.717) is 0 Å². The van der Waals surface area contributed by atoms with Gasteiger partial charge in [0.15, 0.2) is 0 Å². The molecule has 0 spiro atoms. The van der Waals surface area contributed by atoms with Crippen molar-refractivity contribution in [3.05, 3.63) is 35.9 Å². The molecule has 1 aliphatic carbocycles. The van der Waals surface area contributed by atoms with E-state index in [-0.39, 0.29) is 5.54 Å². The second kappa shape index (κ2) is 4.36. The molecule has 0 radical (unpaired) electrons. The minimum absolute atomic E-state index is 0.157. The van der Waals surface area contributed by atoms with Crippen molar-refractivity contribution < 1.29 is 0 Å². The highest BCUT2D eigenvalue weighted by molar-refractivity contribution is 5.23. The van der Waals surface area contributed by atoms with Crippen molar-refractivity contribution in [2.45, 2.75) is 38.6 Å². The third kappa shape index (κ3) is 2.60. The third-order valence-electron chi connectivity index (χ3n) is 3.60. The zero-order valence-corrected chi connectivity index (χ0v) is 9.79. The molecular weight excluding hydrogens is 182 g/mol. The first-order valence-corrected chi connectivity index (χ1v) is 6.05. The molecule has 1 saturated carbocycles. The predicted octanol–water partition coefficient (Wildman–Crippen LogP) is 3.31. The van der Waals surface area contributed by atoms with E-state index >= 15 is 0 Å². The highest BCUT2D eigenvalue weighted by Gasteiger charge is 2.28. The first kappa shape index (κ1) is 10.7. The summed E-state index contributed by atoms with van der Waals surface area (Å²) in [5.41, 5.74) is 1.57. The fourth-order valence-corrected chi connectivity index (χ4v) is 1.93. The molecule has 2 rings (SSSR count). The fourth-order valence-electron chi connectivity index (χ4n) is 1.93. The molecule has 1 aliphatic rings. The summed E-state index contributed by atoms with van der Waals surface area (Å²) >= 11 is 0. The minimum Gasteiger partial charge on any atom is -0.307 e. The molecule has 0 bridgehead atoms. The number of nitrogens with one attached hydrogen (secondary N) is 1. The summed E-state index contributed by atoms with van der Waals surface area (Å²) in [7, 11) is 0. The first-order chi connectivity index (χ1) is 7.24. The van der Waals surface area contributed by atoms with Gasteiger partial charge in [-0.15, -0.1) is 0 Å². The normalized spacial score (nSPS) is 19.9. The number of hydrogen-bond acceptors (Lipinski definition) is 1. The Kier molecular flexibility index (Phi) is 3.11. The Labute approximate surface area is 92.9 Å². The Morgan fingerprint density at radius 1 is 1.27 bits per heavy atom. The van der Waals surface area contributed by atoms with E-state index in [9.17, 15) is 0 Å². The molecule has 0 saturated heterocycles. The minimum atomic E-state index is 0.157. The summed E-state index contributed by atoms with van der Waals surface area (Å²) in [4.78, 5) is 0. The number of hydrogen-bond donors (Lipinski definition) is 1. The molecule has 0 heterocycles. The van der Waals surface area contributed by atoms with Gasteiger partial charge in [-0.3, -0.25) is 0 Å². The zero-order chi connectivity index (χ0) is 10.7. The van der Waals surface area contributed by atoms with E-state index in [1.54, 1.807) is 0 Å². The maximum absolute atomic E-state index is 3.72. The summed E-state index contributed by atoms with van der Waals surface area (Å²) in [6, 6.07) is 10.8. The maximum Gasteiger partial charge on any atom is 0.0403 e. The summed E-state index contributed by atoms with van der Waals surface area (Å²) in [5.74, 6) is 0.944. The van der Waals surface area contributed by atoms with Gasteiger partial charge in [-0.2, -0.15) is 0 Å². The molecule has 1 heteroatoms. The van der Waals surface area contributed by atoms with E-state index < -0.39 is 0 Å². The molecule has 1 N–H and O–H groups in total. The van der Waals surface area contributed by atoms with E-state index in [0.717, 1.165) is 12.3 Å². The van der Waals surface area contributed by atoms with E-state index in [2.05, 4.69) is 49.5 Å². The largest absolute Gasteiger partial charge is 0.307 e. The Morgan fingerprint density at radius 2 is 1.93 bits per heavy atom. The molecule has 0 aliphatic heterocycles. The molecule has 15 heavy (non-hydrogen) atoms. The monoisotopic (exact) mass is 203 g/mol. The van der Waals surface area contributed by atoms with Crippen molar-refractivity contribution in [3.8, 4) is 0 Å². The van der Waals surface area contributed by atoms with Gasteiger partial charge >= 0.3 is 0 Å². The topological polar surface area (TPSA) is 12.0 Å². The smallest absolute Gasteiger partial charge is 0.0403 e. The van der Waals surface area contributed by atoms with Crippen LogP contribution in [0.2, 0.25) is 0 Å². The van der Waals surface area contributed by atoms with Crippen molar-refractivity contribution in [1.29, 1.82) is 0 Å². The van der Waals surface area contributed by atoms with Crippen LogP contribution in [0.25, 0.3) is 0 Å². The molecule has 1 nitrogen and oxygen atoms in total. The van der Waals surface area contributed by atoms with E-state index in [4.69, 9.17) is 0 Å². The Balaban J connectivity index is 2.05. The highest BCUT2D eigenvalue weighted by Crippen LogP contribution is 2.31. The average molecular weight is 203 g/mol. The summed E-state index contributed by atoms with van der Waals surface area (Å²) in [5, 5.41) is 3.72. The lowest BCUT2D eigenvalue weighted by Crippen LogP contribution is -2.40. The SMILES string of the molecule is CCC(C)(NCC1CC1)c1ccccc1. The van der Waals surface area contributed by atoms with E-state index in [1.165, 1.54) is 24.9 Å². The van der Waals surface area contributed by atoms with E-state index in [1.807, 2.05) is 0 Å². The van der Waals surface area contributed by atoms with Gasteiger partial charge in [-0.25, -0.2) is 0 Å². The lowest BCUT2D eigenvalue weighted by molar-refractivity contribution is 0.347. The predicted molar refractivity (Wildman–Crippen MR) is 64.8 cm³/mol. The Hall–Kier alpha value is -0.820. The van der Waals surface area contributed by atoms with Gasteiger partial charge in [-0.1, -0.05) is 37.3 Å². The first-order valence-electron chi connectivity index (χ1n) is 6.05. The van der Waals surface area contributed by atoms with Crippen LogP contribution in [0, 0.1) is 5.92 Å². The van der Waals surface area contributed by atoms with Gasteiger partial charge in [0.2, 0.25) is 0 Å². The van der Waals surface area contributed by atoms with Crippen LogP contribution in [-0.4, -0.2) is 6.54 Å². The number of benzene rings is 1. The van der Waals surface area contributed by atoms with Gasteiger partial charge in [0.1, 0.15) is 0 Å². The van der Waals surface area contributed by atoms with Crippen LogP contribution >= 0.6 is 0 Å². The molecule has 0 amide bonds. The standard InChI is InChI=1S/C14H21N/c1-3-14(2,15-11-12-9-10-12)13-7-5-4-6-8-13/h4-8,12,15H,3,9-11H2,1-2H3. The molecular formula is C14H21N. The van der Waals surface area contributed by atoms with Crippen LogP contribution in [0.4, 0.5) is 0 Å². The van der Waals surface area contributed by atoms with Crippen LogP contribution < -0.4 is 5.32 Å². The van der Waals surface area contributed by atoms with Gasteiger partial charge in [0, 0.05) is 5.54 Å². The van der Waals surface area contributed by atoms with Crippen molar-refractivity contribution in [3.63, 3.8) is 0 Å². The van der Waals surface area contributed by atoms with Crippen LogP contribution in [0.1, 0.15) is 38.7 Å². The van der Waals surface area contributed by atoms with Crippen LogP contribution in [-0.2, 0) is 5.54 Å². The van der Waals surface area contributed by atoms with Crippen molar-refractivity contribution >= 4 is 0 Å². The third-order valence-corrected chi connectivity index (χ3v) is 3.60. The molecule has 0 aromatic heterocycles. The molecule has 1 unspecified atom stereocenters. The maximum atomic E-state index is 3.72.